The Kier molecular flexibility index (Phi) is 5.90. The van der Waals surface area contributed by atoms with E-state index in [4.69, 9.17) is 0 Å². The van der Waals surface area contributed by atoms with Crippen LogP contribution in [0.25, 0.3) is 0 Å². The van der Waals surface area contributed by atoms with Crippen LogP contribution in [0.15, 0.2) is 35.8 Å². The minimum atomic E-state index is -0.0210. The summed E-state index contributed by atoms with van der Waals surface area (Å²) in [6, 6.07) is 7.79. The SMILES string of the molecule is O=C(NCc1ccnc(N2CCCC2)c1)C1CCN(C(=O)c2cccs2)CC1. The molecule has 2 saturated heterocycles. The summed E-state index contributed by atoms with van der Waals surface area (Å²) in [6.45, 7) is 3.93. The summed E-state index contributed by atoms with van der Waals surface area (Å²) in [5.74, 6) is 1.15. The second-order valence-corrected chi connectivity index (χ2v) is 8.43. The van der Waals surface area contributed by atoms with E-state index in [1.807, 2.05) is 34.7 Å². The number of hydrogen-bond acceptors (Lipinski definition) is 5. The lowest BCUT2D eigenvalue weighted by Gasteiger charge is -2.31. The second kappa shape index (κ2) is 8.73. The van der Waals surface area contributed by atoms with Crippen LogP contribution in [0.3, 0.4) is 0 Å². The summed E-state index contributed by atoms with van der Waals surface area (Å²) in [5.41, 5.74) is 1.08. The van der Waals surface area contributed by atoms with Gasteiger partial charge in [-0.3, -0.25) is 9.59 Å². The molecule has 4 heterocycles. The maximum atomic E-state index is 12.6. The minimum absolute atomic E-state index is 0.0210. The van der Waals surface area contributed by atoms with Crippen LogP contribution in [-0.2, 0) is 11.3 Å². The van der Waals surface area contributed by atoms with Gasteiger partial charge in [0.05, 0.1) is 4.88 Å². The maximum Gasteiger partial charge on any atom is 0.263 e. The summed E-state index contributed by atoms with van der Waals surface area (Å²) < 4.78 is 0. The highest BCUT2D eigenvalue weighted by Gasteiger charge is 2.28. The van der Waals surface area contributed by atoms with E-state index in [2.05, 4.69) is 21.3 Å². The number of piperidine rings is 1. The molecule has 0 bridgehead atoms. The summed E-state index contributed by atoms with van der Waals surface area (Å²) in [4.78, 5) is 34.4. The number of nitrogens with zero attached hydrogens (tertiary/aromatic N) is 3. The van der Waals surface area contributed by atoms with E-state index >= 15 is 0 Å². The van der Waals surface area contributed by atoms with Gasteiger partial charge in [-0.15, -0.1) is 11.3 Å². The fourth-order valence-corrected chi connectivity index (χ4v) is 4.61. The number of carbonyl (C=O) groups is 2. The van der Waals surface area contributed by atoms with E-state index in [9.17, 15) is 9.59 Å². The molecule has 0 aliphatic carbocycles. The molecule has 2 aromatic heterocycles. The van der Waals surface area contributed by atoms with Crippen LogP contribution in [0.4, 0.5) is 5.82 Å². The number of aromatic nitrogens is 1. The number of amides is 2. The molecule has 7 heteroatoms. The molecule has 1 N–H and O–H groups in total. The number of nitrogens with one attached hydrogen (secondary N) is 1. The number of thiophene rings is 1. The summed E-state index contributed by atoms with van der Waals surface area (Å²) in [5, 5.41) is 4.99. The zero-order chi connectivity index (χ0) is 19.3. The van der Waals surface area contributed by atoms with Crippen molar-refractivity contribution in [1.82, 2.24) is 15.2 Å². The molecular weight excluding hydrogens is 372 g/mol. The van der Waals surface area contributed by atoms with Crippen LogP contribution in [0.2, 0.25) is 0 Å². The zero-order valence-corrected chi connectivity index (χ0v) is 16.8. The Morgan fingerprint density at radius 2 is 1.93 bits per heavy atom. The van der Waals surface area contributed by atoms with E-state index < -0.39 is 0 Å². The van der Waals surface area contributed by atoms with Crippen molar-refractivity contribution in [3.63, 3.8) is 0 Å². The Balaban J connectivity index is 1.26. The third-order valence-corrected chi connectivity index (χ3v) is 6.45. The van der Waals surface area contributed by atoms with Gasteiger partial charge in [-0.05, 0) is 54.8 Å². The minimum Gasteiger partial charge on any atom is -0.357 e. The molecule has 2 amide bonds. The number of pyridine rings is 1. The van der Waals surface area contributed by atoms with Crippen LogP contribution < -0.4 is 10.2 Å². The van der Waals surface area contributed by atoms with E-state index in [0.717, 1.165) is 42.2 Å². The van der Waals surface area contributed by atoms with Gasteiger partial charge in [0.2, 0.25) is 5.91 Å². The smallest absolute Gasteiger partial charge is 0.263 e. The Hall–Kier alpha value is -2.41. The predicted octanol–water partition coefficient (Wildman–Crippen LogP) is 2.91. The second-order valence-electron chi connectivity index (χ2n) is 7.48. The van der Waals surface area contributed by atoms with E-state index in [1.165, 1.54) is 24.2 Å². The maximum absolute atomic E-state index is 12.6. The third kappa shape index (κ3) is 4.35. The van der Waals surface area contributed by atoms with Crippen molar-refractivity contribution in [3.8, 4) is 0 Å². The first-order chi connectivity index (χ1) is 13.7. The van der Waals surface area contributed by atoms with Gasteiger partial charge >= 0.3 is 0 Å². The lowest BCUT2D eigenvalue weighted by molar-refractivity contribution is -0.126. The zero-order valence-electron chi connectivity index (χ0n) is 16.0. The van der Waals surface area contributed by atoms with E-state index in [1.54, 1.807) is 0 Å². The lowest BCUT2D eigenvalue weighted by Crippen LogP contribution is -2.42. The summed E-state index contributed by atoms with van der Waals surface area (Å²) in [6.07, 6.45) is 5.70. The molecule has 0 unspecified atom stereocenters. The lowest BCUT2D eigenvalue weighted by atomic mass is 9.95. The number of hydrogen-bond donors (Lipinski definition) is 1. The van der Waals surface area contributed by atoms with Crippen molar-refractivity contribution >= 4 is 29.0 Å². The van der Waals surface area contributed by atoms with Gasteiger partial charge in [0.15, 0.2) is 0 Å². The van der Waals surface area contributed by atoms with Crippen molar-refractivity contribution in [2.24, 2.45) is 5.92 Å². The molecule has 6 nitrogen and oxygen atoms in total. The molecule has 28 heavy (non-hydrogen) atoms. The highest BCUT2D eigenvalue weighted by molar-refractivity contribution is 7.12. The summed E-state index contributed by atoms with van der Waals surface area (Å²) in [7, 11) is 0. The molecule has 2 fully saturated rings. The molecule has 0 saturated carbocycles. The molecule has 148 valence electrons. The van der Waals surface area contributed by atoms with Crippen LogP contribution in [-0.4, -0.2) is 47.9 Å². The van der Waals surface area contributed by atoms with E-state index in [0.29, 0.717) is 19.6 Å². The molecule has 4 rings (SSSR count). The molecule has 0 atom stereocenters. The topological polar surface area (TPSA) is 65.5 Å². The summed E-state index contributed by atoms with van der Waals surface area (Å²) >= 11 is 1.47. The Morgan fingerprint density at radius 3 is 2.64 bits per heavy atom. The molecule has 0 spiro atoms. The van der Waals surface area contributed by atoms with Crippen LogP contribution in [0.5, 0.6) is 0 Å². The average molecular weight is 399 g/mol. The van der Waals surface area contributed by atoms with Crippen LogP contribution >= 0.6 is 11.3 Å². The van der Waals surface area contributed by atoms with Crippen molar-refractivity contribution in [3.05, 3.63) is 46.3 Å². The largest absolute Gasteiger partial charge is 0.357 e. The van der Waals surface area contributed by atoms with Gasteiger partial charge in [-0.1, -0.05) is 6.07 Å². The van der Waals surface area contributed by atoms with Gasteiger partial charge in [-0.25, -0.2) is 4.98 Å². The molecular formula is C21H26N4O2S. The molecule has 0 aromatic carbocycles. The first kappa shape index (κ1) is 18.9. The normalized spacial score (nSPS) is 17.7. The van der Waals surface area contributed by atoms with Crippen molar-refractivity contribution in [2.75, 3.05) is 31.1 Å². The van der Waals surface area contributed by atoms with Gasteiger partial charge in [0.1, 0.15) is 5.82 Å². The highest BCUT2D eigenvalue weighted by Crippen LogP contribution is 2.22. The molecule has 2 aliphatic rings. The standard InChI is InChI=1S/C21H26N4O2S/c26-20(17-6-11-25(12-7-17)21(27)18-4-3-13-28-18)23-15-16-5-8-22-19(14-16)24-9-1-2-10-24/h3-5,8,13-14,17H,1-2,6-7,9-12,15H2,(H,23,26). The van der Waals surface area contributed by atoms with E-state index in [-0.39, 0.29) is 17.7 Å². The molecule has 2 aliphatic heterocycles. The predicted molar refractivity (Wildman–Crippen MR) is 110 cm³/mol. The number of likely N-dealkylation sites (tertiary alicyclic amines) is 1. The number of rotatable bonds is 5. The number of carbonyl (C=O) groups excluding carboxylic acids is 2. The van der Waals surface area contributed by atoms with Gasteiger partial charge < -0.3 is 15.1 Å². The van der Waals surface area contributed by atoms with Crippen LogP contribution in [0, 0.1) is 5.92 Å². The Labute approximate surface area is 169 Å². The monoisotopic (exact) mass is 398 g/mol. The number of anilines is 1. The Morgan fingerprint density at radius 1 is 1.14 bits per heavy atom. The van der Waals surface area contributed by atoms with Gasteiger partial charge in [-0.2, -0.15) is 0 Å². The first-order valence-corrected chi connectivity index (χ1v) is 10.9. The molecule has 0 radical (unpaired) electrons. The van der Waals surface area contributed by atoms with Gasteiger partial charge in [0, 0.05) is 44.8 Å². The molecule has 2 aromatic rings. The average Bonchev–Trinajstić information content (AvgIpc) is 3.46. The fraction of sp³-hybridized carbons (Fsp3) is 0.476. The first-order valence-electron chi connectivity index (χ1n) is 10.0. The van der Waals surface area contributed by atoms with Crippen molar-refractivity contribution < 1.29 is 9.59 Å². The fourth-order valence-electron chi connectivity index (χ4n) is 3.92. The quantitative estimate of drug-likeness (QED) is 0.841. The van der Waals surface area contributed by atoms with Crippen molar-refractivity contribution in [2.45, 2.75) is 32.2 Å². The van der Waals surface area contributed by atoms with Gasteiger partial charge in [0.25, 0.3) is 5.91 Å². The van der Waals surface area contributed by atoms with Crippen molar-refractivity contribution in [1.29, 1.82) is 0 Å². The highest BCUT2D eigenvalue weighted by atomic mass is 32.1. The Bertz CT molecular complexity index is 810. The van der Waals surface area contributed by atoms with Crippen LogP contribution in [0.1, 0.15) is 40.9 Å². The third-order valence-electron chi connectivity index (χ3n) is 5.59.